The Balaban J connectivity index is 1.78. The summed E-state index contributed by atoms with van der Waals surface area (Å²) in [5, 5.41) is 0. The average Bonchev–Trinajstić information content (AvgIpc) is 2.72. The van der Waals surface area contributed by atoms with Crippen LogP contribution in [0.15, 0.2) is 12.2 Å². The van der Waals surface area contributed by atoms with Crippen molar-refractivity contribution in [1.29, 1.82) is 0 Å². The molecular formula is C14H22O5. The van der Waals surface area contributed by atoms with Gasteiger partial charge in [0, 0.05) is 0 Å². The van der Waals surface area contributed by atoms with Gasteiger partial charge in [-0.05, 0) is 27.7 Å². The van der Waals surface area contributed by atoms with Crippen molar-refractivity contribution in [2.45, 2.75) is 63.7 Å². The van der Waals surface area contributed by atoms with Gasteiger partial charge < -0.3 is 23.7 Å². The van der Waals surface area contributed by atoms with Crippen LogP contribution in [0.3, 0.4) is 0 Å². The zero-order valence-corrected chi connectivity index (χ0v) is 11.9. The molecule has 0 unspecified atom stereocenters. The molecule has 3 aliphatic heterocycles. The molecule has 0 saturated carbocycles. The van der Waals surface area contributed by atoms with E-state index in [9.17, 15) is 0 Å². The molecule has 0 N–H and O–H groups in total. The second-order valence-electron chi connectivity index (χ2n) is 6.16. The fraction of sp³-hybridized carbons (Fsp3) is 0.857. The number of rotatable bonds is 1. The Morgan fingerprint density at radius 2 is 1.74 bits per heavy atom. The minimum atomic E-state index is -0.590. The summed E-state index contributed by atoms with van der Waals surface area (Å²) >= 11 is 0. The smallest absolute Gasteiger partial charge is 0.164 e. The average molecular weight is 270 g/mol. The van der Waals surface area contributed by atoms with E-state index in [1.54, 1.807) is 0 Å². The quantitative estimate of drug-likeness (QED) is 0.677. The van der Waals surface area contributed by atoms with E-state index < -0.39 is 11.6 Å². The largest absolute Gasteiger partial charge is 0.369 e. The molecule has 5 nitrogen and oxygen atoms in total. The Kier molecular flexibility index (Phi) is 3.22. The third-order valence-electron chi connectivity index (χ3n) is 3.59. The maximum atomic E-state index is 5.99. The molecule has 0 spiro atoms. The molecule has 2 saturated heterocycles. The molecule has 3 aliphatic rings. The van der Waals surface area contributed by atoms with Gasteiger partial charge in [0.05, 0.1) is 13.2 Å². The van der Waals surface area contributed by atoms with Crippen molar-refractivity contribution >= 4 is 0 Å². The normalized spacial score (nSPS) is 44.0. The van der Waals surface area contributed by atoms with Crippen LogP contribution >= 0.6 is 0 Å². The monoisotopic (exact) mass is 270 g/mol. The van der Waals surface area contributed by atoms with Crippen LogP contribution in [0.1, 0.15) is 27.7 Å². The Labute approximate surface area is 113 Å². The highest BCUT2D eigenvalue weighted by molar-refractivity contribution is 5.05. The van der Waals surface area contributed by atoms with E-state index in [4.69, 9.17) is 23.7 Å². The fourth-order valence-electron chi connectivity index (χ4n) is 2.87. The maximum absolute atomic E-state index is 5.99. The molecule has 3 heterocycles. The molecule has 3 rings (SSSR count). The Morgan fingerprint density at radius 3 is 2.42 bits per heavy atom. The van der Waals surface area contributed by atoms with Crippen LogP contribution in [0.5, 0.6) is 0 Å². The highest BCUT2D eigenvalue weighted by atomic mass is 16.8. The summed E-state index contributed by atoms with van der Waals surface area (Å²) < 4.78 is 29.3. The van der Waals surface area contributed by atoms with Crippen molar-refractivity contribution in [3.63, 3.8) is 0 Å². The van der Waals surface area contributed by atoms with Gasteiger partial charge >= 0.3 is 0 Å². The summed E-state index contributed by atoms with van der Waals surface area (Å²) in [5.74, 6) is -1.15. The molecule has 0 amide bonds. The zero-order chi connectivity index (χ0) is 13.7. The van der Waals surface area contributed by atoms with E-state index in [1.807, 2.05) is 39.8 Å². The minimum absolute atomic E-state index is 0.0881. The first kappa shape index (κ1) is 13.5. The molecule has 0 aliphatic carbocycles. The molecule has 0 aromatic heterocycles. The van der Waals surface area contributed by atoms with E-state index in [-0.39, 0.29) is 24.4 Å². The van der Waals surface area contributed by atoms with Gasteiger partial charge in [0.1, 0.15) is 24.4 Å². The van der Waals surface area contributed by atoms with Gasteiger partial charge in [-0.2, -0.15) is 0 Å². The van der Waals surface area contributed by atoms with Crippen LogP contribution in [0.2, 0.25) is 0 Å². The standard InChI is InChI=1S/C14H22O5/c1-13(2)16-8-10(18-13)11-12-9(6-5-7-15-11)17-14(3,4)19-12/h5-6,9-12H,7-8H2,1-4H3/t9-,10-,11-,12-/m1/s1. The lowest BCUT2D eigenvalue weighted by molar-refractivity contribution is -0.186. The van der Waals surface area contributed by atoms with Crippen molar-refractivity contribution in [1.82, 2.24) is 0 Å². The van der Waals surface area contributed by atoms with Crippen molar-refractivity contribution < 1.29 is 23.7 Å². The highest BCUT2D eigenvalue weighted by Gasteiger charge is 2.50. The zero-order valence-electron chi connectivity index (χ0n) is 11.9. The first-order chi connectivity index (χ1) is 8.86. The predicted octanol–water partition coefficient (Wildman–Crippen LogP) is 1.61. The highest BCUT2D eigenvalue weighted by Crippen LogP contribution is 2.36. The van der Waals surface area contributed by atoms with Crippen molar-refractivity contribution in [3.8, 4) is 0 Å². The first-order valence-electron chi connectivity index (χ1n) is 6.82. The molecular weight excluding hydrogens is 248 g/mol. The number of fused-ring (bicyclic) bond motifs is 1. The van der Waals surface area contributed by atoms with Crippen LogP contribution in [-0.2, 0) is 23.7 Å². The molecule has 0 aromatic rings. The lowest BCUT2D eigenvalue weighted by Gasteiger charge is -2.28. The first-order valence-corrected chi connectivity index (χ1v) is 6.82. The summed E-state index contributed by atoms with van der Waals surface area (Å²) in [6.45, 7) is 8.73. The van der Waals surface area contributed by atoms with Gasteiger partial charge in [0.15, 0.2) is 11.6 Å². The SMILES string of the molecule is CC1(C)O[C@H]2[C@@H]([C@H]3COC(C)(C)O3)OCC=C[C@H]2O1. The lowest BCUT2D eigenvalue weighted by atomic mass is 10.0. The maximum Gasteiger partial charge on any atom is 0.164 e. The van der Waals surface area contributed by atoms with E-state index >= 15 is 0 Å². The van der Waals surface area contributed by atoms with Crippen LogP contribution in [0.4, 0.5) is 0 Å². The molecule has 0 aromatic carbocycles. The lowest BCUT2D eigenvalue weighted by Crippen LogP contribution is -2.45. The second kappa shape index (κ2) is 4.53. The summed E-state index contributed by atoms with van der Waals surface area (Å²) in [6.07, 6.45) is 3.44. The summed E-state index contributed by atoms with van der Waals surface area (Å²) in [6, 6.07) is 0. The molecule has 2 fully saturated rings. The van der Waals surface area contributed by atoms with Crippen molar-refractivity contribution in [2.75, 3.05) is 13.2 Å². The summed E-state index contributed by atoms with van der Waals surface area (Å²) in [4.78, 5) is 0. The van der Waals surface area contributed by atoms with Crippen LogP contribution in [-0.4, -0.2) is 49.2 Å². The molecule has 108 valence electrons. The number of ether oxygens (including phenoxy) is 5. The van der Waals surface area contributed by atoms with Gasteiger partial charge in [0.25, 0.3) is 0 Å². The van der Waals surface area contributed by atoms with E-state index in [2.05, 4.69) is 0 Å². The fourth-order valence-corrected chi connectivity index (χ4v) is 2.87. The Morgan fingerprint density at radius 1 is 0.947 bits per heavy atom. The van der Waals surface area contributed by atoms with E-state index in [1.165, 1.54) is 0 Å². The van der Waals surface area contributed by atoms with Crippen molar-refractivity contribution in [2.24, 2.45) is 0 Å². The second-order valence-corrected chi connectivity index (χ2v) is 6.16. The van der Waals surface area contributed by atoms with Crippen LogP contribution in [0, 0.1) is 0 Å². The molecule has 0 radical (unpaired) electrons. The van der Waals surface area contributed by atoms with Crippen LogP contribution in [0.25, 0.3) is 0 Å². The molecule has 19 heavy (non-hydrogen) atoms. The summed E-state index contributed by atoms with van der Waals surface area (Å²) in [5.41, 5.74) is 0. The van der Waals surface area contributed by atoms with Gasteiger partial charge in [-0.1, -0.05) is 12.2 Å². The molecule has 5 heteroatoms. The minimum Gasteiger partial charge on any atom is -0.369 e. The van der Waals surface area contributed by atoms with Gasteiger partial charge in [-0.25, -0.2) is 0 Å². The predicted molar refractivity (Wildman–Crippen MR) is 67.6 cm³/mol. The van der Waals surface area contributed by atoms with E-state index in [0.29, 0.717) is 13.2 Å². The Hall–Kier alpha value is -0.460. The third kappa shape index (κ3) is 2.71. The van der Waals surface area contributed by atoms with Gasteiger partial charge in [0.2, 0.25) is 0 Å². The molecule has 4 atom stereocenters. The van der Waals surface area contributed by atoms with Crippen molar-refractivity contribution in [3.05, 3.63) is 12.2 Å². The van der Waals surface area contributed by atoms with Gasteiger partial charge in [-0.3, -0.25) is 0 Å². The molecule has 0 bridgehead atoms. The summed E-state index contributed by atoms with van der Waals surface area (Å²) in [7, 11) is 0. The Bertz CT molecular complexity index is 376. The van der Waals surface area contributed by atoms with Gasteiger partial charge in [-0.15, -0.1) is 0 Å². The van der Waals surface area contributed by atoms with Crippen LogP contribution < -0.4 is 0 Å². The third-order valence-corrected chi connectivity index (χ3v) is 3.59. The van der Waals surface area contributed by atoms with E-state index in [0.717, 1.165) is 0 Å². The number of hydrogen-bond acceptors (Lipinski definition) is 5. The topological polar surface area (TPSA) is 46.2 Å². The number of hydrogen-bond donors (Lipinski definition) is 0.